The van der Waals surface area contributed by atoms with E-state index in [9.17, 15) is 9.59 Å². The molecule has 0 radical (unpaired) electrons. The summed E-state index contributed by atoms with van der Waals surface area (Å²) in [6.07, 6.45) is 2.11. The molecule has 0 saturated carbocycles. The Labute approximate surface area is 51.1 Å². The quantitative estimate of drug-likeness (QED) is 0.231. The van der Waals surface area contributed by atoms with Crippen LogP contribution in [-0.4, -0.2) is 18.7 Å². The van der Waals surface area contributed by atoms with Crippen molar-refractivity contribution < 1.29 is 19.1 Å². The second-order valence-electron chi connectivity index (χ2n) is 1.43. The van der Waals surface area contributed by atoms with Crippen molar-refractivity contribution in [1.82, 2.24) is 0 Å². The molecule has 0 aliphatic heterocycles. The summed E-state index contributed by atoms with van der Waals surface area (Å²) in [7, 11) is 0. The predicted octanol–water partition coefficient (Wildman–Crippen LogP) is 0.234. The van der Waals surface area contributed by atoms with E-state index >= 15 is 0 Å². The maximum absolute atomic E-state index is 10.2. The van der Waals surface area contributed by atoms with E-state index in [4.69, 9.17) is 0 Å². The molecule has 1 aliphatic carbocycles. The molecule has 0 unspecified atom stereocenters. The van der Waals surface area contributed by atoms with E-state index in [0.29, 0.717) is 0 Å². The molecule has 0 aromatic carbocycles. The minimum absolute atomic E-state index is 0.0325. The second kappa shape index (κ2) is 2.30. The average molecular weight is 128 g/mol. The SMILES string of the molecule is O=COC(=O)OC1C=C1. The molecule has 0 bridgehead atoms. The van der Waals surface area contributed by atoms with Crippen molar-refractivity contribution in [1.29, 1.82) is 0 Å². The molecule has 0 amide bonds. The van der Waals surface area contributed by atoms with E-state index in [1.165, 1.54) is 0 Å². The van der Waals surface area contributed by atoms with Crippen LogP contribution in [0.3, 0.4) is 0 Å². The summed E-state index contributed by atoms with van der Waals surface area (Å²) in [4.78, 5) is 19.7. The van der Waals surface area contributed by atoms with Crippen LogP contribution in [0.2, 0.25) is 0 Å². The highest BCUT2D eigenvalue weighted by Crippen LogP contribution is 2.10. The van der Waals surface area contributed by atoms with E-state index in [1.807, 2.05) is 0 Å². The van der Waals surface area contributed by atoms with Gasteiger partial charge in [0.1, 0.15) is 6.10 Å². The summed E-state index contributed by atoms with van der Waals surface area (Å²) in [5.41, 5.74) is 0. The summed E-state index contributed by atoms with van der Waals surface area (Å²) >= 11 is 0. The molecule has 0 aromatic rings. The molecular formula is C5H4O4. The number of carbonyl (C=O) groups is 2. The molecule has 48 valence electrons. The van der Waals surface area contributed by atoms with Crippen molar-refractivity contribution in [2.24, 2.45) is 0 Å². The van der Waals surface area contributed by atoms with Gasteiger partial charge >= 0.3 is 12.6 Å². The molecule has 0 aromatic heterocycles. The van der Waals surface area contributed by atoms with Crippen LogP contribution in [0.5, 0.6) is 0 Å². The fourth-order valence-corrected chi connectivity index (χ4v) is 0.302. The molecule has 0 spiro atoms. The topological polar surface area (TPSA) is 52.6 Å². The normalized spacial score (nSPS) is 14.7. The van der Waals surface area contributed by atoms with Gasteiger partial charge in [-0.15, -0.1) is 0 Å². The van der Waals surface area contributed by atoms with Crippen LogP contribution in [0.1, 0.15) is 0 Å². The number of hydrogen-bond donors (Lipinski definition) is 0. The molecule has 4 nitrogen and oxygen atoms in total. The fraction of sp³-hybridized carbons (Fsp3) is 0.200. The Morgan fingerprint density at radius 2 is 2.22 bits per heavy atom. The standard InChI is InChI=1S/C5H4O4/c6-3-8-5(7)9-4-1-2-4/h1-4H. The second-order valence-corrected chi connectivity index (χ2v) is 1.43. The lowest BCUT2D eigenvalue weighted by atomic mass is 10.8. The Bertz CT molecular complexity index is 154. The predicted molar refractivity (Wildman–Crippen MR) is 26.6 cm³/mol. The molecule has 1 rings (SSSR count). The van der Waals surface area contributed by atoms with Gasteiger partial charge in [-0.2, -0.15) is 0 Å². The summed E-state index contributed by atoms with van der Waals surface area (Å²) in [6, 6.07) is 0. The molecular weight excluding hydrogens is 124 g/mol. The van der Waals surface area contributed by atoms with Gasteiger partial charge in [-0.1, -0.05) is 0 Å². The van der Waals surface area contributed by atoms with Crippen LogP contribution in [-0.2, 0) is 14.3 Å². The van der Waals surface area contributed by atoms with Crippen LogP contribution in [0.25, 0.3) is 0 Å². The molecule has 9 heavy (non-hydrogen) atoms. The van der Waals surface area contributed by atoms with Crippen molar-refractivity contribution in [2.45, 2.75) is 6.10 Å². The largest absolute Gasteiger partial charge is 0.516 e. The number of ether oxygens (including phenoxy) is 2. The molecule has 0 heterocycles. The lowest BCUT2D eigenvalue weighted by molar-refractivity contribution is -0.125. The summed E-state index contributed by atoms with van der Waals surface area (Å²) in [5.74, 6) is 0. The zero-order valence-corrected chi connectivity index (χ0v) is 4.44. The molecule has 1 aliphatic rings. The van der Waals surface area contributed by atoms with Gasteiger partial charge in [-0.25, -0.2) is 4.79 Å². The van der Waals surface area contributed by atoms with Gasteiger partial charge in [-0.3, -0.25) is 4.79 Å². The Kier molecular flexibility index (Phi) is 1.48. The van der Waals surface area contributed by atoms with E-state index in [-0.39, 0.29) is 12.6 Å². The monoisotopic (exact) mass is 128 g/mol. The highest BCUT2D eigenvalue weighted by atomic mass is 16.7. The van der Waals surface area contributed by atoms with Crippen molar-refractivity contribution >= 4 is 12.6 Å². The number of carbonyl (C=O) groups excluding carboxylic acids is 2. The molecule has 0 fully saturated rings. The first kappa shape index (κ1) is 5.81. The summed E-state index contributed by atoms with van der Waals surface area (Å²) in [6.45, 7) is 0.0325. The Morgan fingerprint density at radius 1 is 1.56 bits per heavy atom. The van der Waals surface area contributed by atoms with Gasteiger partial charge in [-0.05, 0) is 12.2 Å². The smallest absolute Gasteiger partial charge is 0.422 e. The van der Waals surface area contributed by atoms with Gasteiger partial charge < -0.3 is 9.47 Å². The first-order chi connectivity index (χ1) is 4.33. The third kappa shape index (κ3) is 1.94. The lowest BCUT2D eigenvalue weighted by Crippen LogP contribution is -2.07. The summed E-state index contributed by atoms with van der Waals surface area (Å²) in [5, 5.41) is 0. The average Bonchev–Trinajstić information content (AvgIpc) is 2.50. The van der Waals surface area contributed by atoms with E-state index < -0.39 is 6.16 Å². The van der Waals surface area contributed by atoms with Gasteiger partial charge in [0.2, 0.25) is 0 Å². The minimum atomic E-state index is -0.958. The van der Waals surface area contributed by atoms with Crippen molar-refractivity contribution in [3.8, 4) is 0 Å². The number of rotatable bonds is 2. The van der Waals surface area contributed by atoms with Crippen molar-refractivity contribution in [3.63, 3.8) is 0 Å². The van der Waals surface area contributed by atoms with E-state index in [2.05, 4.69) is 9.47 Å². The van der Waals surface area contributed by atoms with Gasteiger partial charge in [0, 0.05) is 0 Å². The van der Waals surface area contributed by atoms with E-state index in [1.54, 1.807) is 12.2 Å². The van der Waals surface area contributed by atoms with Gasteiger partial charge in [0.25, 0.3) is 0 Å². The molecule has 0 atom stereocenters. The third-order valence-electron chi connectivity index (χ3n) is 0.726. The molecule has 0 N–H and O–H groups in total. The van der Waals surface area contributed by atoms with Crippen LogP contribution in [0.15, 0.2) is 12.2 Å². The van der Waals surface area contributed by atoms with Gasteiger partial charge in [0.05, 0.1) is 0 Å². The van der Waals surface area contributed by atoms with Crippen LogP contribution in [0.4, 0.5) is 4.79 Å². The Balaban J connectivity index is 2.10. The maximum Gasteiger partial charge on any atom is 0.516 e. The highest BCUT2D eigenvalue weighted by Gasteiger charge is 2.16. The lowest BCUT2D eigenvalue weighted by Gasteiger charge is -1.96. The Morgan fingerprint density at radius 3 is 2.67 bits per heavy atom. The fourth-order valence-electron chi connectivity index (χ4n) is 0.302. The molecule has 4 heteroatoms. The van der Waals surface area contributed by atoms with Crippen LogP contribution >= 0.6 is 0 Å². The summed E-state index contributed by atoms with van der Waals surface area (Å²) < 4.78 is 8.21. The first-order valence-electron chi connectivity index (χ1n) is 2.32. The van der Waals surface area contributed by atoms with Gasteiger partial charge in [0.15, 0.2) is 0 Å². The minimum Gasteiger partial charge on any atom is -0.422 e. The van der Waals surface area contributed by atoms with Crippen molar-refractivity contribution in [3.05, 3.63) is 12.2 Å². The Hall–Kier alpha value is -1.32. The molecule has 0 saturated heterocycles. The van der Waals surface area contributed by atoms with E-state index in [0.717, 1.165) is 0 Å². The van der Waals surface area contributed by atoms with Crippen molar-refractivity contribution in [2.75, 3.05) is 0 Å². The first-order valence-corrected chi connectivity index (χ1v) is 2.32. The number of hydrogen-bond acceptors (Lipinski definition) is 4. The zero-order chi connectivity index (χ0) is 6.69. The van der Waals surface area contributed by atoms with Crippen LogP contribution < -0.4 is 0 Å². The third-order valence-corrected chi connectivity index (χ3v) is 0.726. The zero-order valence-electron chi connectivity index (χ0n) is 4.44. The maximum atomic E-state index is 10.2. The van der Waals surface area contributed by atoms with Crippen LogP contribution in [0, 0.1) is 0 Å². The highest BCUT2D eigenvalue weighted by molar-refractivity contribution is 5.70.